The molecule has 0 aliphatic carbocycles. The molecule has 1 saturated heterocycles. The van der Waals surface area contributed by atoms with Gasteiger partial charge >= 0.3 is 0 Å². The predicted octanol–water partition coefficient (Wildman–Crippen LogP) is 4.20. The Labute approximate surface area is 256 Å². The van der Waals surface area contributed by atoms with Crippen molar-refractivity contribution in [3.63, 3.8) is 0 Å². The quantitative estimate of drug-likeness (QED) is 0.310. The van der Waals surface area contributed by atoms with Crippen LogP contribution in [0.1, 0.15) is 36.1 Å². The molecule has 2 amide bonds. The molecule has 1 heterocycles. The van der Waals surface area contributed by atoms with Crippen molar-refractivity contribution in [3.8, 4) is 0 Å². The third-order valence-corrected chi connectivity index (χ3v) is 11.0. The summed E-state index contributed by atoms with van der Waals surface area (Å²) in [5.41, 5.74) is 3.14. The molecule has 224 valence electrons. The average Bonchev–Trinajstić information content (AvgIpc) is 3.26. The van der Waals surface area contributed by atoms with Crippen molar-refractivity contribution in [1.29, 1.82) is 0 Å². The molecule has 0 bridgehead atoms. The number of nitrogens with zero attached hydrogens (tertiary/aromatic N) is 1. The van der Waals surface area contributed by atoms with Crippen LogP contribution in [0.15, 0.2) is 77.7 Å². The smallest absolute Gasteiger partial charge is 0.254 e. The number of carbonyl (C=O) groups excluding carboxylic acids is 2. The lowest BCUT2D eigenvalue weighted by atomic mass is 9.97. The zero-order valence-electron chi connectivity index (χ0n) is 24.0. The number of halogens is 1. The van der Waals surface area contributed by atoms with Gasteiger partial charge in [-0.15, -0.1) is 11.8 Å². The first-order chi connectivity index (χ1) is 19.8. The summed E-state index contributed by atoms with van der Waals surface area (Å²) in [5.74, 6) is -0.913. The number of aryl methyl sites for hydroxylation is 2. The minimum absolute atomic E-state index is 0.0323. The molecule has 4 rings (SSSR count). The summed E-state index contributed by atoms with van der Waals surface area (Å²) in [5, 5.41) is 14.5. The fourth-order valence-corrected chi connectivity index (χ4v) is 8.36. The maximum Gasteiger partial charge on any atom is 0.254 e. The molecule has 1 fully saturated rings. The van der Waals surface area contributed by atoms with E-state index in [1.807, 2.05) is 51.1 Å². The van der Waals surface area contributed by atoms with Gasteiger partial charge < -0.3 is 15.3 Å². The van der Waals surface area contributed by atoms with Crippen LogP contribution in [-0.2, 0) is 32.6 Å². The number of nitrogens with one attached hydrogen (secondary N) is 2. The van der Waals surface area contributed by atoms with Gasteiger partial charge in [0, 0.05) is 11.3 Å². The van der Waals surface area contributed by atoms with Gasteiger partial charge in [0.05, 0.1) is 16.9 Å². The van der Waals surface area contributed by atoms with Crippen LogP contribution in [0.5, 0.6) is 0 Å². The van der Waals surface area contributed by atoms with Gasteiger partial charge in [0.15, 0.2) is 0 Å². The lowest BCUT2D eigenvalue weighted by molar-refractivity contribution is -0.147. The van der Waals surface area contributed by atoms with E-state index in [2.05, 4.69) is 10.0 Å². The van der Waals surface area contributed by atoms with Crippen LogP contribution in [0, 0.1) is 13.8 Å². The first-order valence-corrected chi connectivity index (χ1v) is 16.4. The van der Waals surface area contributed by atoms with Gasteiger partial charge in [0.25, 0.3) is 5.91 Å². The first kappa shape index (κ1) is 32.0. The van der Waals surface area contributed by atoms with Gasteiger partial charge in [0.1, 0.15) is 17.0 Å². The highest BCUT2D eigenvalue weighted by molar-refractivity contribution is 8.00. The van der Waals surface area contributed by atoms with Gasteiger partial charge in [-0.05, 0) is 62.4 Å². The number of rotatable bonds is 10. The summed E-state index contributed by atoms with van der Waals surface area (Å²) in [7, 11) is -4.24. The molecular formula is C31H36ClN3O5S2. The SMILES string of the molecule is Cc1ccccc1CNC(=O)[C@H]1N(C(=O)[C@@H](O)[C@H](Cc2ccccc2)NS(=O)(=O)c2c(C)cccc2Cl)CSC1(C)C. The fraction of sp³-hybridized carbons (Fsp3) is 0.355. The van der Waals surface area contributed by atoms with Crippen molar-refractivity contribution in [3.05, 3.63) is 100 Å². The Morgan fingerprint density at radius 1 is 1.02 bits per heavy atom. The second kappa shape index (κ2) is 13.2. The van der Waals surface area contributed by atoms with E-state index in [4.69, 9.17) is 11.6 Å². The topological polar surface area (TPSA) is 116 Å². The van der Waals surface area contributed by atoms with E-state index in [-0.39, 0.29) is 28.1 Å². The van der Waals surface area contributed by atoms with Crippen LogP contribution in [0.4, 0.5) is 0 Å². The average molecular weight is 630 g/mol. The van der Waals surface area contributed by atoms with Crippen LogP contribution in [0.3, 0.4) is 0 Å². The van der Waals surface area contributed by atoms with Crippen molar-refractivity contribution in [2.24, 2.45) is 0 Å². The van der Waals surface area contributed by atoms with Crippen LogP contribution in [0.25, 0.3) is 0 Å². The normalized spacial score (nSPS) is 18.0. The molecule has 0 spiro atoms. The Morgan fingerprint density at radius 2 is 1.67 bits per heavy atom. The Morgan fingerprint density at radius 3 is 2.33 bits per heavy atom. The van der Waals surface area contributed by atoms with Crippen LogP contribution in [0.2, 0.25) is 5.02 Å². The minimum atomic E-state index is -4.24. The Kier molecular flexibility index (Phi) is 10.1. The predicted molar refractivity (Wildman–Crippen MR) is 167 cm³/mol. The molecule has 0 radical (unpaired) electrons. The molecule has 42 heavy (non-hydrogen) atoms. The van der Waals surface area contributed by atoms with Crippen molar-refractivity contribution in [2.45, 2.75) is 68.5 Å². The zero-order valence-corrected chi connectivity index (χ0v) is 26.4. The second-order valence-corrected chi connectivity index (χ2v) is 14.6. The highest BCUT2D eigenvalue weighted by Crippen LogP contribution is 2.40. The molecule has 3 N–H and O–H groups in total. The van der Waals surface area contributed by atoms with E-state index >= 15 is 0 Å². The molecule has 8 nitrogen and oxygen atoms in total. The molecule has 3 aromatic rings. The number of aliphatic hydroxyl groups is 1. The number of hydrogen-bond acceptors (Lipinski definition) is 6. The van der Waals surface area contributed by atoms with Crippen molar-refractivity contribution in [1.82, 2.24) is 14.9 Å². The second-order valence-electron chi connectivity index (χ2n) is 11.0. The van der Waals surface area contributed by atoms with E-state index in [1.165, 1.54) is 22.7 Å². The van der Waals surface area contributed by atoms with Crippen molar-refractivity contribution < 1.29 is 23.1 Å². The van der Waals surface area contributed by atoms with Crippen molar-refractivity contribution in [2.75, 3.05) is 5.88 Å². The zero-order chi connectivity index (χ0) is 30.7. The summed E-state index contributed by atoms with van der Waals surface area (Å²) < 4.78 is 29.0. The van der Waals surface area contributed by atoms with Gasteiger partial charge in [-0.1, -0.05) is 78.3 Å². The van der Waals surface area contributed by atoms with E-state index in [0.29, 0.717) is 12.1 Å². The Hall–Kier alpha value is -2.89. The van der Waals surface area contributed by atoms with E-state index in [0.717, 1.165) is 16.7 Å². The largest absolute Gasteiger partial charge is 0.382 e. The van der Waals surface area contributed by atoms with Crippen LogP contribution in [-0.4, -0.2) is 59.1 Å². The van der Waals surface area contributed by atoms with Gasteiger partial charge in [-0.2, -0.15) is 0 Å². The van der Waals surface area contributed by atoms with Gasteiger partial charge in [-0.25, -0.2) is 13.1 Å². The number of carbonyl (C=O) groups is 2. The number of aliphatic hydroxyl groups excluding tert-OH is 1. The summed E-state index contributed by atoms with van der Waals surface area (Å²) in [6.45, 7) is 7.62. The number of thioether (sulfide) groups is 1. The van der Waals surface area contributed by atoms with Crippen LogP contribution >= 0.6 is 23.4 Å². The fourth-order valence-electron chi connectivity index (χ4n) is 5.14. The molecule has 1 aliphatic rings. The standard InChI is InChI=1S/C31H36ClN3O5S2/c1-20-11-8-9-15-23(20)18-33-29(37)28-31(3,4)41-19-35(28)30(38)26(36)25(17-22-13-6-5-7-14-22)34-42(39,40)27-21(2)12-10-16-24(27)32/h5-16,25-26,28,34,36H,17-19H2,1-4H3,(H,33,37)/t25-,26-,28+/m0/s1. The lowest BCUT2D eigenvalue weighted by Crippen LogP contribution is -2.58. The molecule has 0 saturated carbocycles. The summed E-state index contributed by atoms with van der Waals surface area (Å²) in [4.78, 5) is 28.6. The number of benzene rings is 3. The van der Waals surface area contributed by atoms with Gasteiger partial charge in [0.2, 0.25) is 15.9 Å². The summed E-state index contributed by atoms with van der Waals surface area (Å²) >= 11 is 7.69. The van der Waals surface area contributed by atoms with E-state index in [9.17, 15) is 23.1 Å². The van der Waals surface area contributed by atoms with Gasteiger partial charge in [-0.3, -0.25) is 9.59 Å². The minimum Gasteiger partial charge on any atom is -0.382 e. The highest BCUT2D eigenvalue weighted by Gasteiger charge is 2.50. The molecule has 1 aliphatic heterocycles. The number of sulfonamides is 1. The number of amides is 2. The van der Waals surface area contributed by atoms with Crippen molar-refractivity contribution >= 4 is 45.2 Å². The lowest BCUT2D eigenvalue weighted by Gasteiger charge is -2.33. The number of hydrogen-bond donors (Lipinski definition) is 3. The maximum atomic E-state index is 13.9. The van der Waals surface area contributed by atoms with Crippen LogP contribution < -0.4 is 10.0 Å². The summed E-state index contributed by atoms with van der Waals surface area (Å²) in [6.07, 6.45) is -1.74. The first-order valence-electron chi connectivity index (χ1n) is 13.6. The molecule has 0 unspecified atom stereocenters. The molecular weight excluding hydrogens is 594 g/mol. The molecule has 0 aromatic heterocycles. The Bertz CT molecular complexity index is 1530. The van der Waals surface area contributed by atoms with E-state index in [1.54, 1.807) is 43.3 Å². The third kappa shape index (κ3) is 7.18. The Balaban J connectivity index is 1.60. The molecule has 11 heteroatoms. The van der Waals surface area contributed by atoms with E-state index < -0.39 is 38.9 Å². The monoisotopic (exact) mass is 629 g/mol. The highest BCUT2D eigenvalue weighted by atomic mass is 35.5. The maximum absolute atomic E-state index is 13.9. The summed E-state index contributed by atoms with van der Waals surface area (Å²) in [6, 6.07) is 19.3. The third-order valence-electron chi connectivity index (χ3n) is 7.46. The molecule has 3 aromatic carbocycles. The molecule has 3 atom stereocenters.